The van der Waals surface area contributed by atoms with Crippen LogP contribution in [0.25, 0.3) is 10.9 Å². The van der Waals surface area contributed by atoms with Crippen LogP contribution in [-0.2, 0) is 0 Å². The minimum absolute atomic E-state index is 0.0758. The number of rotatable bonds is 5. The number of aromatic nitrogens is 1. The van der Waals surface area contributed by atoms with Gasteiger partial charge in [0.25, 0.3) is 0 Å². The van der Waals surface area contributed by atoms with E-state index >= 15 is 4.39 Å². The van der Waals surface area contributed by atoms with Crippen molar-refractivity contribution in [2.45, 2.75) is 38.6 Å². The number of fused-ring (bicyclic) bond motifs is 1. The zero-order valence-corrected chi connectivity index (χ0v) is 17.2. The van der Waals surface area contributed by atoms with Gasteiger partial charge in [-0.05, 0) is 32.6 Å². The molecule has 0 bridgehead atoms. The van der Waals surface area contributed by atoms with E-state index in [0.717, 1.165) is 31.3 Å². The number of methoxy groups -OCH3 is 1. The number of hydrogen-bond donors (Lipinski definition) is 2. The number of carbonyl (C=O) groups is 1. The summed E-state index contributed by atoms with van der Waals surface area (Å²) in [5.41, 5.74) is 6.72. The normalized spacial score (nSPS) is 18.3. The molecule has 1 saturated carbocycles. The molecule has 0 unspecified atom stereocenters. The lowest BCUT2D eigenvalue weighted by Crippen LogP contribution is -2.33. The third-order valence-electron chi connectivity index (χ3n) is 5.99. The smallest absolute Gasteiger partial charge is 0.341 e. The van der Waals surface area contributed by atoms with Crippen molar-refractivity contribution in [1.29, 1.82) is 0 Å². The Balaban J connectivity index is 2.04. The highest BCUT2D eigenvalue weighted by Gasteiger charge is 2.33. The van der Waals surface area contributed by atoms with Gasteiger partial charge in [-0.25, -0.2) is 9.18 Å². The Morgan fingerprint density at radius 2 is 2.17 bits per heavy atom. The Morgan fingerprint density at radius 1 is 1.43 bits per heavy atom. The Morgan fingerprint density at radius 3 is 2.77 bits per heavy atom. The van der Waals surface area contributed by atoms with Crippen molar-refractivity contribution in [3.05, 3.63) is 45.0 Å². The fourth-order valence-corrected chi connectivity index (χ4v) is 4.40. The number of hydrogen-bond acceptors (Lipinski definition) is 5. The van der Waals surface area contributed by atoms with Crippen molar-refractivity contribution in [3.8, 4) is 5.75 Å². The average molecular weight is 415 g/mol. The second kappa shape index (κ2) is 7.75. The highest BCUT2D eigenvalue weighted by Crippen LogP contribution is 2.45. The summed E-state index contributed by atoms with van der Waals surface area (Å²) >= 11 is 0. The van der Waals surface area contributed by atoms with Crippen molar-refractivity contribution in [1.82, 2.24) is 4.57 Å². The van der Waals surface area contributed by atoms with Gasteiger partial charge in [0.15, 0.2) is 11.6 Å². The van der Waals surface area contributed by atoms with Crippen LogP contribution in [0.2, 0.25) is 0 Å². The molecular weight excluding hydrogens is 389 g/mol. The van der Waals surface area contributed by atoms with Crippen LogP contribution in [0.5, 0.6) is 5.75 Å². The van der Waals surface area contributed by atoms with Crippen molar-refractivity contribution in [2.75, 3.05) is 31.6 Å². The van der Waals surface area contributed by atoms with E-state index in [2.05, 4.69) is 0 Å². The lowest BCUT2D eigenvalue weighted by Gasteiger charge is -2.33. The second-order valence-corrected chi connectivity index (χ2v) is 7.98. The largest absolute Gasteiger partial charge is 0.492 e. The van der Waals surface area contributed by atoms with E-state index in [0.29, 0.717) is 30.8 Å². The number of aryl methyl sites for hydroxylation is 1. The van der Waals surface area contributed by atoms with Crippen LogP contribution in [0, 0.1) is 12.7 Å². The molecule has 1 aromatic carbocycles. The number of anilines is 1. The summed E-state index contributed by atoms with van der Waals surface area (Å²) < 4.78 is 23.1. The standard InChI is InChI=1S/C22H26FN3O4/c1-12-16-18(26(14-5-6-14)11-15(20(16)27)22(28)29)21(30-2)19(17(12)23)25-9-3-4-13(10-25)7-8-24/h7,11,14H,3-6,8-10,24H2,1-2H3,(H,28,29)/b13-7-. The minimum Gasteiger partial charge on any atom is -0.492 e. The van der Waals surface area contributed by atoms with Crippen molar-refractivity contribution >= 4 is 22.6 Å². The molecule has 1 aliphatic carbocycles. The molecular formula is C22H26FN3O4. The van der Waals surface area contributed by atoms with Gasteiger partial charge in [0, 0.05) is 37.4 Å². The highest BCUT2D eigenvalue weighted by atomic mass is 19.1. The van der Waals surface area contributed by atoms with Gasteiger partial charge in [-0.2, -0.15) is 0 Å². The van der Waals surface area contributed by atoms with Crippen molar-refractivity contribution in [3.63, 3.8) is 0 Å². The van der Waals surface area contributed by atoms with Crippen LogP contribution < -0.4 is 20.8 Å². The predicted molar refractivity (Wildman–Crippen MR) is 113 cm³/mol. The number of pyridine rings is 1. The summed E-state index contributed by atoms with van der Waals surface area (Å²) in [6.45, 7) is 3.15. The van der Waals surface area contributed by atoms with Gasteiger partial charge in [0.2, 0.25) is 5.43 Å². The number of piperidine rings is 1. The van der Waals surface area contributed by atoms with Gasteiger partial charge in [-0.3, -0.25) is 4.79 Å². The minimum atomic E-state index is -1.31. The molecule has 30 heavy (non-hydrogen) atoms. The molecule has 3 N–H and O–H groups in total. The molecule has 4 rings (SSSR count). The lowest BCUT2D eigenvalue weighted by atomic mass is 9.99. The van der Waals surface area contributed by atoms with Crippen LogP contribution in [0.4, 0.5) is 10.1 Å². The highest BCUT2D eigenvalue weighted by molar-refractivity contribution is 5.99. The number of nitrogens with two attached hydrogens (primary N) is 1. The van der Waals surface area contributed by atoms with Gasteiger partial charge < -0.3 is 25.0 Å². The van der Waals surface area contributed by atoms with Crippen LogP contribution in [0.3, 0.4) is 0 Å². The van der Waals surface area contributed by atoms with E-state index in [9.17, 15) is 14.7 Å². The summed E-state index contributed by atoms with van der Waals surface area (Å²) in [5, 5.41) is 9.59. The molecule has 1 saturated heterocycles. The number of ether oxygens (including phenoxy) is 1. The summed E-state index contributed by atoms with van der Waals surface area (Å²) in [6.07, 6.45) is 6.86. The summed E-state index contributed by atoms with van der Waals surface area (Å²) in [4.78, 5) is 26.6. The van der Waals surface area contributed by atoms with E-state index in [1.165, 1.54) is 20.2 Å². The van der Waals surface area contributed by atoms with E-state index in [1.807, 2.05) is 11.0 Å². The number of aromatic carboxylic acids is 1. The van der Waals surface area contributed by atoms with Gasteiger partial charge in [0.05, 0.1) is 18.0 Å². The zero-order valence-electron chi connectivity index (χ0n) is 17.2. The van der Waals surface area contributed by atoms with Crippen molar-refractivity contribution < 1.29 is 19.0 Å². The Kier molecular flexibility index (Phi) is 5.27. The molecule has 160 valence electrons. The molecule has 0 atom stereocenters. The molecule has 8 heteroatoms. The second-order valence-electron chi connectivity index (χ2n) is 7.98. The Bertz CT molecular complexity index is 1120. The Labute approximate surface area is 173 Å². The van der Waals surface area contributed by atoms with Gasteiger partial charge in [-0.15, -0.1) is 0 Å². The first-order valence-electron chi connectivity index (χ1n) is 10.2. The number of nitrogens with zero attached hydrogens (tertiary/aromatic N) is 2. The lowest BCUT2D eigenvalue weighted by molar-refractivity contribution is 0.0695. The van der Waals surface area contributed by atoms with E-state index in [4.69, 9.17) is 10.5 Å². The third kappa shape index (κ3) is 3.25. The molecule has 2 aliphatic rings. The van der Waals surface area contributed by atoms with Crippen LogP contribution in [0.15, 0.2) is 22.6 Å². The SMILES string of the molecule is COc1c(N2CCC/C(=C/CN)C2)c(F)c(C)c2c(=O)c(C(=O)O)cn(C3CC3)c12. The molecule has 0 radical (unpaired) electrons. The first-order valence-corrected chi connectivity index (χ1v) is 10.2. The average Bonchev–Trinajstić information content (AvgIpc) is 3.55. The first kappa shape index (κ1) is 20.4. The summed E-state index contributed by atoms with van der Waals surface area (Å²) in [7, 11) is 1.46. The molecule has 1 aliphatic heterocycles. The van der Waals surface area contributed by atoms with Crippen LogP contribution >= 0.6 is 0 Å². The predicted octanol–water partition coefficient (Wildman–Crippen LogP) is 2.98. The maximum Gasteiger partial charge on any atom is 0.341 e. The van der Waals surface area contributed by atoms with E-state index in [1.54, 1.807) is 4.57 Å². The molecule has 2 fully saturated rings. The monoisotopic (exact) mass is 415 g/mol. The molecule has 7 nitrogen and oxygen atoms in total. The fourth-order valence-electron chi connectivity index (χ4n) is 4.40. The number of halogens is 1. The first-order chi connectivity index (χ1) is 14.4. The van der Waals surface area contributed by atoms with E-state index in [-0.39, 0.29) is 28.3 Å². The maximum atomic E-state index is 15.7. The molecule has 2 aromatic rings. The van der Waals surface area contributed by atoms with Gasteiger partial charge in [0.1, 0.15) is 11.3 Å². The quantitative estimate of drug-likeness (QED) is 0.729. The van der Waals surface area contributed by atoms with E-state index < -0.39 is 17.2 Å². The summed E-state index contributed by atoms with van der Waals surface area (Å²) in [6, 6.07) is 0.0758. The molecule has 0 spiro atoms. The summed E-state index contributed by atoms with van der Waals surface area (Å²) in [5.74, 6) is -1.58. The Hall–Kier alpha value is -2.87. The van der Waals surface area contributed by atoms with Crippen LogP contribution in [0.1, 0.15) is 47.6 Å². The number of carboxylic acids is 1. The van der Waals surface area contributed by atoms with Gasteiger partial charge in [-0.1, -0.05) is 11.6 Å². The molecule has 0 amide bonds. The van der Waals surface area contributed by atoms with Crippen LogP contribution in [-0.4, -0.2) is 42.4 Å². The topological polar surface area (TPSA) is 97.8 Å². The maximum absolute atomic E-state index is 15.7. The number of benzene rings is 1. The molecule has 2 heterocycles. The zero-order chi connectivity index (χ0) is 21.6. The molecule has 1 aromatic heterocycles. The third-order valence-corrected chi connectivity index (χ3v) is 5.99. The number of carboxylic acid groups (broad SMARTS) is 1. The fraction of sp³-hybridized carbons (Fsp3) is 0.455. The van der Waals surface area contributed by atoms with Crippen molar-refractivity contribution in [2.24, 2.45) is 5.73 Å². The van der Waals surface area contributed by atoms with Gasteiger partial charge >= 0.3 is 5.97 Å².